The Kier molecular flexibility index (Phi) is 5.73. The number of halogens is 3. The van der Waals surface area contributed by atoms with E-state index in [2.05, 4.69) is 4.99 Å². The van der Waals surface area contributed by atoms with Crippen LogP contribution in [0.5, 0.6) is 0 Å². The highest BCUT2D eigenvalue weighted by Crippen LogP contribution is 2.30. The number of alkyl halides is 3. The largest absolute Gasteiger partial charge is 0.466 e. The molecule has 20 heavy (non-hydrogen) atoms. The molecule has 0 atom stereocenters. The summed E-state index contributed by atoms with van der Waals surface area (Å²) in [7, 11) is 0. The lowest BCUT2D eigenvalue weighted by molar-refractivity contribution is -0.141. The second-order valence-electron chi connectivity index (χ2n) is 4.06. The summed E-state index contributed by atoms with van der Waals surface area (Å²) in [6, 6.07) is 4.50. The van der Waals surface area contributed by atoms with Crippen molar-refractivity contribution >= 4 is 17.4 Å². The third-order valence-electron chi connectivity index (χ3n) is 2.54. The maximum Gasteiger partial charge on any atom is 0.416 e. The SMILES string of the molecule is CCOC(=O)CC(CC)=Nc1ccc(C(F)(F)F)cc1. The first kappa shape index (κ1) is 16.2. The summed E-state index contributed by atoms with van der Waals surface area (Å²) in [4.78, 5) is 15.5. The summed E-state index contributed by atoms with van der Waals surface area (Å²) in [5.74, 6) is -0.389. The lowest BCUT2D eigenvalue weighted by atomic mass is 10.2. The molecule has 0 heterocycles. The average Bonchev–Trinajstić information content (AvgIpc) is 2.37. The van der Waals surface area contributed by atoms with Crippen LogP contribution in [0.25, 0.3) is 0 Å². The molecule has 0 saturated carbocycles. The summed E-state index contributed by atoms with van der Waals surface area (Å²) in [6.07, 6.45) is -3.79. The third-order valence-corrected chi connectivity index (χ3v) is 2.54. The van der Waals surface area contributed by atoms with Crippen molar-refractivity contribution in [3.05, 3.63) is 29.8 Å². The fourth-order valence-corrected chi connectivity index (χ4v) is 1.53. The average molecular weight is 287 g/mol. The first-order chi connectivity index (χ1) is 9.36. The highest BCUT2D eigenvalue weighted by molar-refractivity contribution is 6.00. The van der Waals surface area contributed by atoms with Gasteiger partial charge >= 0.3 is 12.1 Å². The standard InChI is InChI=1S/C14H16F3NO2/c1-3-11(9-13(19)20-4-2)18-12-7-5-10(6-8-12)14(15,16)17/h5-8H,3-4,9H2,1-2H3. The summed E-state index contributed by atoms with van der Waals surface area (Å²) in [6.45, 7) is 3.81. The lowest BCUT2D eigenvalue weighted by Gasteiger charge is -2.07. The van der Waals surface area contributed by atoms with E-state index in [1.165, 1.54) is 12.1 Å². The summed E-state index contributed by atoms with van der Waals surface area (Å²) < 4.78 is 42.0. The summed E-state index contributed by atoms with van der Waals surface area (Å²) in [5.41, 5.74) is 0.238. The van der Waals surface area contributed by atoms with Crippen molar-refractivity contribution in [2.45, 2.75) is 32.9 Å². The molecule has 1 aromatic carbocycles. The van der Waals surface area contributed by atoms with Gasteiger partial charge in [-0.1, -0.05) is 6.92 Å². The number of ether oxygens (including phenoxy) is 1. The maximum absolute atomic E-state index is 12.4. The fraction of sp³-hybridized carbons (Fsp3) is 0.429. The fourth-order valence-electron chi connectivity index (χ4n) is 1.53. The van der Waals surface area contributed by atoms with Crippen molar-refractivity contribution in [3.8, 4) is 0 Å². The van der Waals surface area contributed by atoms with Crippen molar-refractivity contribution in [2.24, 2.45) is 4.99 Å². The Balaban J connectivity index is 2.83. The Morgan fingerprint density at radius 2 is 1.80 bits per heavy atom. The molecule has 0 radical (unpaired) electrons. The number of hydrogen-bond donors (Lipinski definition) is 0. The van der Waals surface area contributed by atoms with Crippen LogP contribution in [-0.4, -0.2) is 18.3 Å². The minimum atomic E-state index is -4.36. The molecule has 0 unspecified atom stereocenters. The van der Waals surface area contributed by atoms with Crippen molar-refractivity contribution in [1.82, 2.24) is 0 Å². The molecule has 0 spiro atoms. The number of nitrogens with zero attached hydrogens (tertiary/aromatic N) is 1. The molecular weight excluding hydrogens is 271 g/mol. The molecule has 1 rings (SSSR count). The predicted molar refractivity (Wildman–Crippen MR) is 70.1 cm³/mol. The zero-order valence-corrected chi connectivity index (χ0v) is 11.3. The second-order valence-corrected chi connectivity index (χ2v) is 4.06. The van der Waals surface area contributed by atoms with Crippen LogP contribution in [0, 0.1) is 0 Å². The molecule has 0 amide bonds. The molecule has 1 aromatic rings. The molecule has 6 heteroatoms. The van der Waals surface area contributed by atoms with E-state index in [0.717, 1.165) is 12.1 Å². The van der Waals surface area contributed by atoms with E-state index < -0.39 is 11.7 Å². The van der Waals surface area contributed by atoms with Gasteiger partial charge in [-0.2, -0.15) is 13.2 Å². The Labute approximate surface area is 115 Å². The number of rotatable bonds is 5. The van der Waals surface area contributed by atoms with Gasteiger partial charge in [0.05, 0.1) is 24.3 Å². The van der Waals surface area contributed by atoms with Gasteiger partial charge in [0.25, 0.3) is 0 Å². The highest BCUT2D eigenvalue weighted by Gasteiger charge is 2.29. The normalized spacial score (nSPS) is 12.3. The van der Waals surface area contributed by atoms with Crippen LogP contribution in [0.2, 0.25) is 0 Å². The van der Waals surface area contributed by atoms with Crippen LogP contribution >= 0.6 is 0 Å². The van der Waals surface area contributed by atoms with Crippen molar-refractivity contribution in [2.75, 3.05) is 6.61 Å². The van der Waals surface area contributed by atoms with Gasteiger partial charge in [-0.3, -0.25) is 9.79 Å². The molecule has 0 aromatic heterocycles. The molecule has 3 nitrogen and oxygen atoms in total. The lowest BCUT2D eigenvalue weighted by Crippen LogP contribution is -2.10. The van der Waals surface area contributed by atoms with E-state index in [4.69, 9.17) is 4.74 Å². The van der Waals surface area contributed by atoms with Crippen LogP contribution in [-0.2, 0) is 15.7 Å². The van der Waals surface area contributed by atoms with Crippen molar-refractivity contribution in [1.29, 1.82) is 0 Å². The van der Waals surface area contributed by atoms with Gasteiger partial charge in [0.2, 0.25) is 0 Å². The zero-order chi connectivity index (χ0) is 15.2. The van der Waals surface area contributed by atoms with Gasteiger partial charge in [0, 0.05) is 5.71 Å². The zero-order valence-electron chi connectivity index (χ0n) is 11.3. The van der Waals surface area contributed by atoms with Gasteiger partial charge in [-0.05, 0) is 37.6 Å². The summed E-state index contributed by atoms with van der Waals surface area (Å²) in [5, 5.41) is 0. The number of carbonyl (C=O) groups is 1. The molecule has 0 saturated heterocycles. The molecule has 0 N–H and O–H groups in total. The molecule has 0 aliphatic carbocycles. The van der Waals surface area contributed by atoms with E-state index in [9.17, 15) is 18.0 Å². The molecule has 0 aliphatic rings. The molecular formula is C14H16F3NO2. The topological polar surface area (TPSA) is 38.7 Å². The Hall–Kier alpha value is -1.85. The molecule has 0 fully saturated rings. The van der Waals surface area contributed by atoms with Crippen LogP contribution in [0.1, 0.15) is 32.3 Å². The third kappa shape index (κ3) is 5.03. The number of carbonyl (C=O) groups excluding carboxylic acids is 1. The van der Waals surface area contributed by atoms with Gasteiger partial charge in [0.15, 0.2) is 0 Å². The quantitative estimate of drug-likeness (QED) is 0.603. The van der Waals surface area contributed by atoms with Crippen LogP contribution in [0.4, 0.5) is 18.9 Å². The van der Waals surface area contributed by atoms with Crippen molar-refractivity contribution in [3.63, 3.8) is 0 Å². The van der Waals surface area contributed by atoms with Crippen LogP contribution in [0.3, 0.4) is 0 Å². The molecule has 0 bridgehead atoms. The van der Waals surface area contributed by atoms with Crippen LogP contribution < -0.4 is 0 Å². The van der Waals surface area contributed by atoms with E-state index in [1.54, 1.807) is 6.92 Å². The van der Waals surface area contributed by atoms with E-state index >= 15 is 0 Å². The Morgan fingerprint density at radius 1 is 1.20 bits per heavy atom. The monoisotopic (exact) mass is 287 g/mol. The Morgan fingerprint density at radius 3 is 2.25 bits per heavy atom. The van der Waals surface area contributed by atoms with Gasteiger partial charge in [-0.25, -0.2) is 0 Å². The van der Waals surface area contributed by atoms with E-state index in [0.29, 0.717) is 17.8 Å². The second kappa shape index (κ2) is 7.07. The number of hydrogen-bond acceptors (Lipinski definition) is 3. The minimum absolute atomic E-state index is 0.0470. The van der Waals surface area contributed by atoms with Crippen molar-refractivity contribution < 1.29 is 22.7 Å². The van der Waals surface area contributed by atoms with E-state index in [1.807, 2.05) is 6.92 Å². The number of benzene rings is 1. The number of aliphatic imine (C=N–C) groups is 1. The predicted octanol–water partition coefficient (Wildman–Crippen LogP) is 4.14. The smallest absolute Gasteiger partial charge is 0.416 e. The molecule has 0 aliphatic heterocycles. The van der Waals surface area contributed by atoms with Crippen LogP contribution in [0.15, 0.2) is 29.3 Å². The molecule has 110 valence electrons. The maximum atomic E-state index is 12.4. The summed E-state index contributed by atoms with van der Waals surface area (Å²) >= 11 is 0. The first-order valence-electron chi connectivity index (χ1n) is 6.26. The van der Waals surface area contributed by atoms with Gasteiger partial charge in [0.1, 0.15) is 0 Å². The van der Waals surface area contributed by atoms with E-state index in [-0.39, 0.29) is 19.0 Å². The van der Waals surface area contributed by atoms with Gasteiger partial charge in [-0.15, -0.1) is 0 Å². The minimum Gasteiger partial charge on any atom is -0.466 e. The van der Waals surface area contributed by atoms with Gasteiger partial charge < -0.3 is 4.74 Å². The first-order valence-corrected chi connectivity index (χ1v) is 6.26. The highest BCUT2D eigenvalue weighted by atomic mass is 19.4. The Bertz CT molecular complexity index is 478. The number of esters is 1.